The third-order valence-corrected chi connectivity index (χ3v) is 6.61. The van der Waals surface area contributed by atoms with Crippen molar-refractivity contribution in [1.29, 1.82) is 0 Å². The van der Waals surface area contributed by atoms with E-state index in [1.54, 1.807) is 6.92 Å². The van der Waals surface area contributed by atoms with Gasteiger partial charge >= 0.3 is 5.97 Å². The van der Waals surface area contributed by atoms with Gasteiger partial charge in [0.05, 0.1) is 18.1 Å². The number of rotatable bonds is 3. The van der Waals surface area contributed by atoms with E-state index in [1.165, 1.54) is 18.4 Å². The monoisotopic (exact) mass is 347 g/mol. The first-order valence-corrected chi connectivity index (χ1v) is 8.29. The zero-order valence-corrected chi connectivity index (χ0v) is 14.0. The molecular weight excluding hydrogens is 333 g/mol. The number of carbonyl (C=O) groups is 2. The zero-order chi connectivity index (χ0) is 15.4. The second-order valence-corrected chi connectivity index (χ2v) is 8.31. The smallest absolute Gasteiger partial charge is 0.341 e. The topological polar surface area (TPSA) is 55.4 Å². The molecule has 1 aromatic rings. The standard InChI is InChI=1S/C14H15Cl2NO3S/c1-13(6-14(13,15)16)12(19)17-10-9(11(18)20-2)7-4-3-5-8(7)21-10/h3-6H2,1-2H3,(H,17,19)/t13-/m0/s1. The van der Waals surface area contributed by atoms with Crippen molar-refractivity contribution in [3.05, 3.63) is 16.0 Å². The molecule has 4 nitrogen and oxygen atoms in total. The van der Waals surface area contributed by atoms with Gasteiger partial charge in [-0.3, -0.25) is 4.79 Å². The summed E-state index contributed by atoms with van der Waals surface area (Å²) in [6, 6.07) is 0. The van der Waals surface area contributed by atoms with Crippen LogP contribution >= 0.6 is 34.5 Å². The number of hydrogen-bond acceptors (Lipinski definition) is 4. The molecule has 0 spiro atoms. The lowest BCUT2D eigenvalue weighted by Gasteiger charge is -2.13. The Morgan fingerprint density at radius 3 is 2.57 bits per heavy atom. The van der Waals surface area contributed by atoms with Crippen LogP contribution in [0.25, 0.3) is 0 Å². The molecule has 21 heavy (non-hydrogen) atoms. The van der Waals surface area contributed by atoms with Crippen molar-refractivity contribution in [2.75, 3.05) is 12.4 Å². The van der Waals surface area contributed by atoms with Crippen LogP contribution in [0.3, 0.4) is 0 Å². The maximum absolute atomic E-state index is 12.4. The Kier molecular flexibility index (Phi) is 3.50. The number of amides is 1. The van der Waals surface area contributed by atoms with E-state index in [2.05, 4.69) is 5.32 Å². The van der Waals surface area contributed by atoms with Crippen LogP contribution in [0.15, 0.2) is 0 Å². The molecule has 0 saturated heterocycles. The Morgan fingerprint density at radius 1 is 1.33 bits per heavy atom. The van der Waals surface area contributed by atoms with Crippen molar-refractivity contribution >= 4 is 51.4 Å². The summed E-state index contributed by atoms with van der Waals surface area (Å²) in [6.07, 6.45) is 3.22. The molecule has 0 radical (unpaired) electrons. The number of alkyl halides is 2. The maximum atomic E-state index is 12.4. The predicted octanol–water partition coefficient (Wildman–Crippen LogP) is 3.55. The molecule has 1 heterocycles. The number of ether oxygens (including phenoxy) is 1. The SMILES string of the molecule is COC(=O)c1c(NC(=O)[C@]2(C)CC2(Cl)Cl)sc2c1CCC2. The number of nitrogens with one attached hydrogen (secondary N) is 1. The third-order valence-electron chi connectivity index (χ3n) is 4.30. The Bertz CT molecular complexity index is 640. The highest BCUT2D eigenvalue weighted by molar-refractivity contribution is 7.17. The molecule has 0 bridgehead atoms. The van der Waals surface area contributed by atoms with Crippen LogP contribution in [-0.4, -0.2) is 23.3 Å². The summed E-state index contributed by atoms with van der Waals surface area (Å²) in [7, 11) is 1.34. The summed E-state index contributed by atoms with van der Waals surface area (Å²) in [6.45, 7) is 1.72. The van der Waals surface area contributed by atoms with Crippen LogP contribution in [0, 0.1) is 5.41 Å². The number of methoxy groups -OCH3 is 1. The second-order valence-electron chi connectivity index (χ2n) is 5.72. The number of fused-ring (bicyclic) bond motifs is 1. The quantitative estimate of drug-likeness (QED) is 0.671. The van der Waals surface area contributed by atoms with Gasteiger partial charge in [-0.05, 0) is 38.2 Å². The number of esters is 1. The van der Waals surface area contributed by atoms with Crippen LogP contribution in [0.4, 0.5) is 5.00 Å². The first kappa shape index (κ1) is 15.1. The van der Waals surface area contributed by atoms with Crippen LogP contribution < -0.4 is 5.32 Å². The normalized spacial score (nSPS) is 25.3. The largest absolute Gasteiger partial charge is 0.465 e. The van der Waals surface area contributed by atoms with E-state index < -0.39 is 15.7 Å². The molecule has 1 fully saturated rings. The van der Waals surface area contributed by atoms with Crippen molar-refractivity contribution in [1.82, 2.24) is 0 Å². The molecule has 0 aromatic carbocycles. The van der Waals surface area contributed by atoms with Crippen molar-refractivity contribution in [3.63, 3.8) is 0 Å². The van der Waals surface area contributed by atoms with Gasteiger partial charge in [0.1, 0.15) is 9.33 Å². The molecule has 2 aliphatic rings. The summed E-state index contributed by atoms with van der Waals surface area (Å²) in [5.41, 5.74) is 0.686. The first-order chi connectivity index (χ1) is 9.80. The third kappa shape index (κ3) is 2.26. The minimum Gasteiger partial charge on any atom is -0.465 e. The molecule has 0 aliphatic heterocycles. The Balaban J connectivity index is 1.90. The van der Waals surface area contributed by atoms with Crippen LogP contribution in [0.1, 0.15) is 40.6 Å². The molecule has 2 aliphatic carbocycles. The Labute approximate surface area is 136 Å². The van der Waals surface area contributed by atoms with Crippen LogP contribution in [-0.2, 0) is 22.4 Å². The maximum Gasteiger partial charge on any atom is 0.341 e. The molecule has 1 saturated carbocycles. The highest BCUT2D eigenvalue weighted by Crippen LogP contribution is 2.64. The summed E-state index contributed by atoms with van der Waals surface area (Å²) in [5.74, 6) is -0.661. The number of hydrogen-bond donors (Lipinski definition) is 1. The van der Waals surface area contributed by atoms with E-state index in [-0.39, 0.29) is 5.91 Å². The average Bonchev–Trinajstić information content (AvgIpc) is 2.76. The lowest BCUT2D eigenvalue weighted by Crippen LogP contribution is -2.26. The minimum atomic E-state index is -1.03. The number of anilines is 1. The Hall–Kier alpha value is -0.780. The first-order valence-electron chi connectivity index (χ1n) is 6.72. The fraction of sp³-hybridized carbons (Fsp3) is 0.571. The van der Waals surface area contributed by atoms with Gasteiger partial charge in [-0.25, -0.2) is 4.79 Å². The molecule has 0 unspecified atom stereocenters. The van der Waals surface area contributed by atoms with E-state index in [0.29, 0.717) is 17.0 Å². The van der Waals surface area contributed by atoms with Gasteiger partial charge in [-0.2, -0.15) is 0 Å². The molecule has 1 N–H and O–H groups in total. The predicted molar refractivity (Wildman–Crippen MR) is 83.5 cm³/mol. The van der Waals surface area contributed by atoms with Gasteiger partial charge in [0.2, 0.25) is 5.91 Å². The summed E-state index contributed by atoms with van der Waals surface area (Å²) < 4.78 is 3.82. The van der Waals surface area contributed by atoms with Gasteiger partial charge in [0.15, 0.2) is 0 Å². The fourth-order valence-corrected chi connectivity index (χ4v) is 4.68. The van der Waals surface area contributed by atoms with Crippen molar-refractivity contribution < 1.29 is 14.3 Å². The molecular formula is C14H15Cl2NO3S. The highest BCUT2D eigenvalue weighted by Gasteiger charge is 2.68. The van der Waals surface area contributed by atoms with Gasteiger partial charge in [0.25, 0.3) is 0 Å². The minimum absolute atomic E-state index is 0.252. The zero-order valence-electron chi connectivity index (χ0n) is 11.7. The summed E-state index contributed by atoms with van der Waals surface area (Å²) in [5, 5.41) is 3.37. The lowest BCUT2D eigenvalue weighted by atomic mass is 10.1. The number of halogens is 2. The lowest BCUT2D eigenvalue weighted by molar-refractivity contribution is -0.120. The van der Waals surface area contributed by atoms with E-state index >= 15 is 0 Å². The van der Waals surface area contributed by atoms with Gasteiger partial charge in [-0.1, -0.05) is 0 Å². The molecule has 1 atom stereocenters. The molecule has 7 heteroatoms. The van der Waals surface area contributed by atoms with Gasteiger partial charge in [0, 0.05) is 4.88 Å². The molecule has 1 amide bonds. The van der Waals surface area contributed by atoms with Crippen molar-refractivity contribution in [2.24, 2.45) is 5.41 Å². The van der Waals surface area contributed by atoms with Crippen LogP contribution in [0.5, 0.6) is 0 Å². The van der Waals surface area contributed by atoms with Crippen molar-refractivity contribution in [2.45, 2.75) is 36.9 Å². The average molecular weight is 348 g/mol. The fourth-order valence-electron chi connectivity index (χ4n) is 2.70. The number of aryl methyl sites for hydroxylation is 1. The van der Waals surface area contributed by atoms with Crippen LogP contribution in [0.2, 0.25) is 0 Å². The van der Waals surface area contributed by atoms with E-state index in [0.717, 1.165) is 29.7 Å². The summed E-state index contributed by atoms with van der Waals surface area (Å²) >= 11 is 13.5. The van der Waals surface area contributed by atoms with E-state index in [4.69, 9.17) is 27.9 Å². The van der Waals surface area contributed by atoms with E-state index in [9.17, 15) is 9.59 Å². The molecule has 3 rings (SSSR count). The van der Waals surface area contributed by atoms with Crippen molar-refractivity contribution in [3.8, 4) is 0 Å². The molecule has 1 aromatic heterocycles. The second kappa shape index (κ2) is 4.86. The van der Waals surface area contributed by atoms with Gasteiger partial charge < -0.3 is 10.1 Å². The Morgan fingerprint density at radius 2 is 2.00 bits per heavy atom. The highest BCUT2D eigenvalue weighted by atomic mass is 35.5. The van der Waals surface area contributed by atoms with Gasteiger partial charge in [-0.15, -0.1) is 34.5 Å². The molecule has 114 valence electrons. The summed E-state index contributed by atoms with van der Waals surface area (Å²) in [4.78, 5) is 25.5. The van der Waals surface area contributed by atoms with E-state index in [1.807, 2.05) is 0 Å². The number of carbonyl (C=O) groups excluding carboxylic acids is 2. The number of thiophene rings is 1.